The van der Waals surface area contributed by atoms with Crippen LogP contribution in [0.3, 0.4) is 0 Å². The molecule has 1 fully saturated rings. The van der Waals surface area contributed by atoms with E-state index in [1.54, 1.807) is 13.0 Å². The van der Waals surface area contributed by atoms with Gasteiger partial charge in [0.2, 0.25) is 0 Å². The summed E-state index contributed by atoms with van der Waals surface area (Å²) >= 11 is 0. The van der Waals surface area contributed by atoms with Crippen LogP contribution in [0.5, 0.6) is 0 Å². The standard InChI is InChI=1S/C18H19F3N2O/c1-3-12-6-7-15-13(10-12)14(9-11(2)22-15)17(24)23-8-4-5-16(23)18(19,20)21/h6-7,9-10,16H,3-5,8H2,1-2H3/t16-/m1/s1. The molecule has 1 atom stereocenters. The fraction of sp³-hybridized carbons (Fsp3) is 0.444. The van der Waals surface area contributed by atoms with E-state index in [-0.39, 0.29) is 13.0 Å². The van der Waals surface area contributed by atoms with Crippen molar-refractivity contribution in [2.24, 2.45) is 0 Å². The topological polar surface area (TPSA) is 33.2 Å². The minimum Gasteiger partial charge on any atom is -0.327 e. The molecule has 0 saturated carbocycles. The second-order valence-electron chi connectivity index (χ2n) is 6.21. The molecule has 2 aromatic rings. The highest BCUT2D eigenvalue weighted by Crippen LogP contribution is 2.34. The lowest BCUT2D eigenvalue weighted by atomic mass is 10.0. The van der Waals surface area contributed by atoms with E-state index in [4.69, 9.17) is 0 Å². The number of hydrogen-bond donors (Lipinski definition) is 0. The fourth-order valence-corrected chi connectivity index (χ4v) is 3.31. The molecule has 1 aliphatic rings. The van der Waals surface area contributed by atoms with Crippen LogP contribution in [-0.4, -0.2) is 34.6 Å². The highest BCUT2D eigenvalue weighted by Gasteiger charge is 2.48. The lowest BCUT2D eigenvalue weighted by Crippen LogP contribution is -2.44. The van der Waals surface area contributed by atoms with Crippen molar-refractivity contribution in [1.82, 2.24) is 9.88 Å². The molecule has 0 aliphatic carbocycles. The maximum atomic E-state index is 13.2. The zero-order chi connectivity index (χ0) is 17.5. The van der Waals surface area contributed by atoms with Crippen LogP contribution >= 0.6 is 0 Å². The fourth-order valence-electron chi connectivity index (χ4n) is 3.31. The van der Waals surface area contributed by atoms with Gasteiger partial charge in [0.1, 0.15) is 6.04 Å². The largest absolute Gasteiger partial charge is 0.408 e. The van der Waals surface area contributed by atoms with Crippen molar-refractivity contribution in [2.75, 3.05) is 6.54 Å². The summed E-state index contributed by atoms with van der Waals surface area (Å²) in [6.07, 6.45) is -3.26. The molecule has 1 aromatic heterocycles. The lowest BCUT2D eigenvalue weighted by Gasteiger charge is -2.27. The van der Waals surface area contributed by atoms with Crippen molar-refractivity contribution in [3.63, 3.8) is 0 Å². The summed E-state index contributed by atoms with van der Waals surface area (Å²) in [7, 11) is 0. The van der Waals surface area contributed by atoms with Gasteiger partial charge < -0.3 is 4.90 Å². The van der Waals surface area contributed by atoms with Crippen LogP contribution in [0.1, 0.15) is 41.4 Å². The molecule has 0 spiro atoms. The van der Waals surface area contributed by atoms with Gasteiger partial charge in [-0.05, 0) is 49.9 Å². The van der Waals surface area contributed by atoms with Crippen LogP contribution in [0.25, 0.3) is 10.9 Å². The Morgan fingerprint density at radius 2 is 2.08 bits per heavy atom. The maximum Gasteiger partial charge on any atom is 0.408 e. The Labute approximate surface area is 138 Å². The number of likely N-dealkylation sites (tertiary alicyclic amines) is 1. The third-order valence-electron chi connectivity index (χ3n) is 4.53. The smallest absolute Gasteiger partial charge is 0.327 e. The van der Waals surface area contributed by atoms with Gasteiger partial charge >= 0.3 is 6.18 Å². The van der Waals surface area contributed by atoms with Gasteiger partial charge in [0, 0.05) is 17.6 Å². The number of benzene rings is 1. The number of aryl methyl sites for hydroxylation is 2. The van der Waals surface area contributed by atoms with Gasteiger partial charge in [-0.25, -0.2) is 0 Å². The number of carbonyl (C=O) groups excluding carboxylic acids is 1. The molecule has 128 valence electrons. The molecule has 1 amide bonds. The average Bonchev–Trinajstić information content (AvgIpc) is 3.02. The number of aromatic nitrogens is 1. The molecular formula is C18H19F3N2O. The first-order valence-electron chi connectivity index (χ1n) is 8.09. The Kier molecular flexibility index (Phi) is 4.24. The number of carbonyl (C=O) groups is 1. The molecule has 0 unspecified atom stereocenters. The molecule has 6 heteroatoms. The van der Waals surface area contributed by atoms with Crippen molar-refractivity contribution in [3.8, 4) is 0 Å². The number of pyridine rings is 1. The molecule has 0 N–H and O–H groups in total. The van der Waals surface area contributed by atoms with E-state index in [2.05, 4.69) is 4.98 Å². The highest BCUT2D eigenvalue weighted by molar-refractivity contribution is 6.06. The monoisotopic (exact) mass is 336 g/mol. The molecule has 0 bridgehead atoms. The first kappa shape index (κ1) is 16.7. The minimum atomic E-state index is -4.39. The normalized spacial score (nSPS) is 18.4. The molecule has 2 heterocycles. The Morgan fingerprint density at radius 3 is 2.75 bits per heavy atom. The number of halogens is 3. The molecule has 3 rings (SSSR count). The molecule has 24 heavy (non-hydrogen) atoms. The number of fused-ring (bicyclic) bond motifs is 1. The SMILES string of the molecule is CCc1ccc2nc(C)cc(C(=O)N3CCC[C@@H]3C(F)(F)F)c2c1. The van der Waals surface area contributed by atoms with E-state index in [0.717, 1.165) is 16.9 Å². The van der Waals surface area contributed by atoms with E-state index in [9.17, 15) is 18.0 Å². The minimum absolute atomic E-state index is 0.0303. The van der Waals surface area contributed by atoms with E-state index >= 15 is 0 Å². The van der Waals surface area contributed by atoms with Crippen molar-refractivity contribution >= 4 is 16.8 Å². The van der Waals surface area contributed by atoms with Crippen LogP contribution < -0.4 is 0 Å². The zero-order valence-electron chi connectivity index (χ0n) is 13.7. The predicted octanol–water partition coefficient (Wildman–Crippen LogP) is 4.27. The van der Waals surface area contributed by atoms with Crippen LogP contribution in [0.2, 0.25) is 0 Å². The summed E-state index contributed by atoms with van der Waals surface area (Å²) < 4.78 is 39.6. The van der Waals surface area contributed by atoms with Gasteiger partial charge in [0.15, 0.2) is 0 Å². The van der Waals surface area contributed by atoms with E-state index in [1.165, 1.54) is 0 Å². The first-order valence-corrected chi connectivity index (χ1v) is 8.09. The number of hydrogen-bond acceptors (Lipinski definition) is 2. The predicted molar refractivity (Wildman–Crippen MR) is 86.0 cm³/mol. The summed E-state index contributed by atoms with van der Waals surface area (Å²) in [5.74, 6) is -0.557. The number of nitrogens with zero attached hydrogens (tertiary/aromatic N) is 2. The third kappa shape index (κ3) is 2.97. The van der Waals surface area contributed by atoms with Crippen LogP contribution in [0.4, 0.5) is 13.2 Å². The second kappa shape index (κ2) is 6.07. The summed E-state index contributed by atoms with van der Waals surface area (Å²) in [4.78, 5) is 18.2. The summed E-state index contributed by atoms with van der Waals surface area (Å²) in [5, 5.41) is 0.623. The van der Waals surface area contributed by atoms with E-state index in [0.29, 0.717) is 28.6 Å². The van der Waals surface area contributed by atoms with Gasteiger partial charge in [-0.3, -0.25) is 9.78 Å². The number of alkyl halides is 3. The van der Waals surface area contributed by atoms with Crippen LogP contribution in [0, 0.1) is 6.92 Å². The maximum absolute atomic E-state index is 13.2. The first-order chi connectivity index (χ1) is 11.3. The van der Waals surface area contributed by atoms with Crippen molar-refractivity contribution in [2.45, 2.75) is 45.3 Å². The van der Waals surface area contributed by atoms with E-state index < -0.39 is 18.1 Å². The van der Waals surface area contributed by atoms with Crippen molar-refractivity contribution < 1.29 is 18.0 Å². The second-order valence-corrected chi connectivity index (χ2v) is 6.21. The molecule has 1 saturated heterocycles. The third-order valence-corrected chi connectivity index (χ3v) is 4.53. The lowest BCUT2D eigenvalue weighted by molar-refractivity contribution is -0.169. The van der Waals surface area contributed by atoms with Gasteiger partial charge in [-0.15, -0.1) is 0 Å². The summed E-state index contributed by atoms with van der Waals surface area (Å²) in [6, 6.07) is 5.51. The zero-order valence-corrected chi connectivity index (χ0v) is 13.7. The van der Waals surface area contributed by atoms with Crippen molar-refractivity contribution in [3.05, 3.63) is 41.1 Å². The van der Waals surface area contributed by atoms with Crippen molar-refractivity contribution in [1.29, 1.82) is 0 Å². The Bertz CT molecular complexity index is 786. The highest BCUT2D eigenvalue weighted by atomic mass is 19.4. The van der Waals surface area contributed by atoms with E-state index in [1.807, 2.05) is 25.1 Å². The Balaban J connectivity index is 2.09. The summed E-state index contributed by atoms with van der Waals surface area (Å²) in [5.41, 5.74) is 2.59. The van der Waals surface area contributed by atoms with Gasteiger partial charge in [-0.2, -0.15) is 13.2 Å². The number of rotatable bonds is 2. The van der Waals surface area contributed by atoms with Gasteiger partial charge in [0.25, 0.3) is 5.91 Å². The summed E-state index contributed by atoms with van der Waals surface area (Å²) in [6.45, 7) is 3.87. The Hall–Kier alpha value is -2.11. The molecule has 0 radical (unpaired) electrons. The molecule has 1 aromatic carbocycles. The van der Waals surface area contributed by atoms with Crippen LogP contribution in [-0.2, 0) is 6.42 Å². The number of amides is 1. The quantitative estimate of drug-likeness (QED) is 0.820. The molecular weight excluding hydrogens is 317 g/mol. The average molecular weight is 336 g/mol. The Morgan fingerprint density at radius 1 is 1.33 bits per heavy atom. The molecule has 3 nitrogen and oxygen atoms in total. The van der Waals surface area contributed by atoms with Gasteiger partial charge in [-0.1, -0.05) is 13.0 Å². The molecule has 1 aliphatic heterocycles. The van der Waals surface area contributed by atoms with Gasteiger partial charge in [0.05, 0.1) is 11.1 Å². The van der Waals surface area contributed by atoms with Crippen LogP contribution in [0.15, 0.2) is 24.3 Å².